The number of aryl methyl sites for hydroxylation is 1. The van der Waals surface area contributed by atoms with Gasteiger partial charge in [0.15, 0.2) is 0 Å². The summed E-state index contributed by atoms with van der Waals surface area (Å²) in [5.74, 6) is 1.29. The summed E-state index contributed by atoms with van der Waals surface area (Å²) in [7, 11) is 0. The molecule has 0 aliphatic carbocycles. The van der Waals surface area contributed by atoms with Gasteiger partial charge < -0.3 is 9.80 Å². The topological polar surface area (TPSA) is 75.7 Å². The predicted octanol–water partition coefficient (Wildman–Crippen LogP) is 3.37. The van der Waals surface area contributed by atoms with Crippen molar-refractivity contribution in [1.82, 2.24) is 24.1 Å². The molecule has 0 N–H and O–H groups in total. The molecule has 1 amide bonds. The van der Waals surface area contributed by atoms with Gasteiger partial charge in [0.1, 0.15) is 5.82 Å². The maximum absolute atomic E-state index is 13.4. The minimum absolute atomic E-state index is 0.0988. The van der Waals surface area contributed by atoms with Crippen LogP contribution < -0.4 is 10.5 Å². The van der Waals surface area contributed by atoms with Gasteiger partial charge in [0.05, 0.1) is 17.4 Å². The number of carbonyl (C=O) groups is 1. The molecule has 0 saturated carbocycles. The van der Waals surface area contributed by atoms with Gasteiger partial charge in [-0.2, -0.15) is 0 Å². The quantitative estimate of drug-likeness (QED) is 0.363. The molecular weight excluding hydrogens is 464 g/mol. The Hall–Kier alpha value is -4.46. The van der Waals surface area contributed by atoms with Crippen LogP contribution >= 0.6 is 0 Å². The zero-order valence-corrected chi connectivity index (χ0v) is 20.5. The molecule has 5 aromatic rings. The van der Waals surface area contributed by atoms with E-state index in [9.17, 15) is 9.59 Å². The van der Waals surface area contributed by atoms with E-state index >= 15 is 0 Å². The van der Waals surface area contributed by atoms with Crippen LogP contribution in [0.5, 0.6) is 0 Å². The monoisotopic (exact) mass is 492 g/mol. The van der Waals surface area contributed by atoms with Crippen LogP contribution in [-0.4, -0.2) is 56.2 Å². The summed E-state index contributed by atoms with van der Waals surface area (Å²) in [6, 6.07) is 27.7. The van der Waals surface area contributed by atoms with Gasteiger partial charge in [0.2, 0.25) is 11.7 Å². The molecule has 6 rings (SSSR count). The molecule has 1 aliphatic rings. The summed E-state index contributed by atoms with van der Waals surface area (Å²) in [5, 5.41) is 9.44. The van der Waals surface area contributed by atoms with Crippen molar-refractivity contribution < 1.29 is 4.79 Å². The molecule has 1 aliphatic heterocycles. The first-order valence-corrected chi connectivity index (χ1v) is 12.7. The molecule has 1 saturated heterocycles. The molecule has 0 spiro atoms. The van der Waals surface area contributed by atoms with Gasteiger partial charge in [-0.1, -0.05) is 60.7 Å². The number of rotatable bonds is 6. The smallest absolute Gasteiger partial charge is 0.263 e. The van der Waals surface area contributed by atoms with Crippen LogP contribution in [0, 0.1) is 0 Å². The minimum Gasteiger partial charge on any atom is -0.368 e. The van der Waals surface area contributed by atoms with Crippen LogP contribution in [0.3, 0.4) is 0 Å². The number of aromatic nitrogens is 4. The van der Waals surface area contributed by atoms with Gasteiger partial charge in [-0.15, -0.1) is 10.2 Å². The van der Waals surface area contributed by atoms with Crippen molar-refractivity contribution in [2.75, 3.05) is 31.1 Å². The Morgan fingerprint density at radius 3 is 2.22 bits per heavy atom. The number of fused-ring (bicyclic) bond motifs is 3. The highest BCUT2D eigenvalue weighted by Gasteiger charge is 2.22. The lowest BCUT2D eigenvalue weighted by molar-refractivity contribution is -0.131. The van der Waals surface area contributed by atoms with Crippen molar-refractivity contribution in [3.8, 4) is 0 Å². The number of hydrogen-bond acceptors (Lipinski definition) is 5. The van der Waals surface area contributed by atoms with Crippen molar-refractivity contribution in [3.63, 3.8) is 0 Å². The van der Waals surface area contributed by atoms with Crippen LogP contribution in [0.2, 0.25) is 0 Å². The molecular formula is C29H28N6O2. The standard InChI is InChI=1S/C29H28N6O2/c36-27(33-19-17-32(18-20-33)23-11-5-2-6-12-23)16-15-26-30-31-29-34(21-22-9-3-1-4-10-22)28(37)24-13-7-8-14-25(24)35(26)29/h1-14H,15-21H2. The van der Waals surface area contributed by atoms with E-state index in [0.717, 1.165) is 24.2 Å². The van der Waals surface area contributed by atoms with Crippen LogP contribution in [0.4, 0.5) is 5.69 Å². The average molecular weight is 493 g/mol. The summed E-state index contributed by atoms with van der Waals surface area (Å²) in [4.78, 5) is 30.7. The first kappa shape index (κ1) is 23.0. The Labute approximate surface area is 214 Å². The lowest BCUT2D eigenvalue weighted by Crippen LogP contribution is -2.48. The van der Waals surface area contributed by atoms with Crippen molar-refractivity contribution >= 4 is 28.3 Å². The van der Waals surface area contributed by atoms with Gasteiger partial charge in [-0.05, 0) is 29.8 Å². The second-order valence-corrected chi connectivity index (χ2v) is 9.35. The molecule has 1 fully saturated rings. The van der Waals surface area contributed by atoms with E-state index in [0.29, 0.717) is 49.5 Å². The predicted molar refractivity (Wildman–Crippen MR) is 144 cm³/mol. The molecule has 0 radical (unpaired) electrons. The van der Waals surface area contributed by atoms with E-state index < -0.39 is 0 Å². The summed E-state index contributed by atoms with van der Waals surface area (Å²) in [5.41, 5.74) is 2.86. The van der Waals surface area contributed by atoms with Gasteiger partial charge in [0, 0.05) is 44.7 Å². The Morgan fingerprint density at radius 2 is 1.46 bits per heavy atom. The zero-order valence-electron chi connectivity index (χ0n) is 20.5. The van der Waals surface area contributed by atoms with Crippen LogP contribution in [0.25, 0.3) is 16.7 Å². The molecule has 2 aromatic heterocycles. The van der Waals surface area contributed by atoms with E-state index in [1.165, 1.54) is 5.69 Å². The highest BCUT2D eigenvalue weighted by Crippen LogP contribution is 2.18. The zero-order chi connectivity index (χ0) is 25.2. The third-order valence-corrected chi connectivity index (χ3v) is 7.07. The van der Waals surface area contributed by atoms with Gasteiger partial charge in [0.25, 0.3) is 5.56 Å². The van der Waals surface area contributed by atoms with Gasteiger partial charge >= 0.3 is 0 Å². The molecule has 8 heteroatoms. The SMILES string of the molecule is O=C(CCc1nnc2n(Cc3ccccc3)c(=O)c3ccccc3n12)N1CCN(c2ccccc2)CC1. The largest absolute Gasteiger partial charge is 0.368 e. The third kappa shape index (κ3) is 4.46. The second-order valence-electron chi connectivity index (χ2n) is 9.35. The normalized spacial score (nSPS) is 13.9. The number of piperazine rings is 1. The molecule has 8 nitrogen and oxygen atoms in total. The number of anilines is 1. The molecule has 186 valence electrons. The van der Waals surface area contributed by atoms with Crippen LogP contribution in [0.15, 0.2) is 89.7 Å². The highest BCUT2D eigenvalue weighted by molar-refractivity contribution is 5.81. The van der Waals surface area contributed by atoms with E-state index in [-0.39, 0.29) is 11.5 Å². The van der Waals surface area contributed by atoms with Crippen molar-refractivity contribution in [2.45, 2.75) is 19.4 Å². The number of hydrogen-bond donors (Lipinski definition) is 0. The van der Waals surface area contributed by atoms with Gasteiger partial charge in [-0.25, -0.2) is 0 Å². The maximum atomic E-state index is 13.4. The third-order valence-electron chi connectivity index (χ3n) is 7.07. The Morgan fingerprint density at radius 1 is 0.784 bits per heavy atom. The second kappa shape index (κ2) is 9.89. The lowest BCUT2D eigenvalue weighted by Gasteiger charge is -2.36. The number of carbonyl (C=O) groups excluding carboxylic acids is 1. The van der Waals surface area contributed by atoms with Crippen molar-refractivity contribution in [3.05, 3.63) is 107 Å². The summed E-state index contributed by atoms with van der Waals surface area (Å²) in [6.07, 6.45) is 0.796. The Balaban J connectivity index is 1.23. The fraction of sp³-hybridized carbons (Fsp3) is 0.241. The Bertz CT molecular complexity index is 1600. The van der Waals surface area contributed by atoms with E-state index in [1.54, 1.807) is 4.57 Å². The first-order chi connectivity index (χ1) is 18.2. The first-order valence-electron chi connectivity index (χ1n) is 12.7. The van der Waals surface area contributed by atoms with E-state index in [4.69, 9.17) is 0 Å². The molecule has 0 unspecified atom stereocenters. The van der Waals surface area contributed by atoms with Crippen LogP contribution in [0.1, 0.15) is 17.8 Å². The maximum Gasteiger partial charge on any atom is 0.263 e. The summed E-state index contributed by atoms with van der Waals surface area (Å²) >= 11 is 0. The fourth-order valence-electron chi connectivity index (χ4n) is 5.11. The van der Waals surface area contributed by atoms with Gasteiger partial charge in [-0.3, -0.25) is 18.6 Å². The van der Waals surface area contributed by atoms with Crippen molar-refractivity contribution in [1.29, 1.82) is 0 Å². The number of nitrogens with zero attached hydrogens (tertiary/aromatic N) is 6. The summed E-state index contributed by atoms with van der Waals surface area (Å²) < 4.78 is 3.60. The van der Waals surface area contributed by atoms with E-state index in [1.807, 2.05) is 82.1 Å². The molecule has 0 bridgehead atoms. The highest BCUT2D eigenvalue weighted by atomic mass is 16.2. The minimum atomic E-state index is -0.0988. The molecule has 0 atom stereocenters. The molecule has 3 aromatic carbocycles. The summed E-state index contributed by atoms with van der Waals surface area (Å²) in [6.45, 7) is 3.44. The molecule has 37 heavy (non-hydrogen) atoms. The average Bonchev–Trinajstić information content (AvgIpc) is 3.39. The van der Waals surface area contributed by atoms with Crippen molar-refractivity contribution in [2.24, 2.45) is 0 Å². The number of benzene rings is 3. The number of para-hydroxylation sites is 2. The lowest BCUT2D eigenvalue weighted by atomic mass is 10.2. The van der Waals surface area contributed by atoms with Crippen LogP contribution in [-0.2, 0) is 17.8 Å². The van der Waals surface area contributed by atoms with E-state index in [2.05, 4.69) is 27.2 Å². The Kier molecular flexibility index (Phi) is 6.14. The number of amides is 1. The molecule has 3 heterocycles. The fourth-order valence-corrected chi connectivity index (χ4v) is 5.11.